The molecule has 7 heteroatoms. The predicted octanol–water partition coefficient (Wildman–Crippen LogP) is 0.348. The molecule has 5 nitrogen and oxygen atoms in total. The van der Waals surface area contributed by atoms with Crippen LogP contribution in [-0.4, -0.2) is 53.2 Å². The van der Waals surface area contributed by atoms with E-state index in [9.17, 15) is 13.6 Å². The van der Waals surface area contributed by atoms with Gasteiger partial charge in [-0.1, -0.05) is 12.1 Å². The van der Waals surface area contributed by atoms with E-state index in [2.05, 4.69) is 0 Å². The molecule has 0 spiro atoms. The summed E-state index contributed by atoms with van der Waals surface area (Å²) in [4.78, 5) is 12.8. The molecule has 0 bridgehead atoms. The van der Waals surface area contributed by atoms with E-state index in [1.54, 1.807) is 12.1 Å². The lowest BCUT2D eigenvalue weighted by Gasteiger charge is -2.24. The number of aliphatic hydroxyl groups is 1. The van der Waals surface area contributed by atoms with Crippen LogP contribution in [0.4, 0.5) is 8.78 Å². The fourth-order valence-electron chi connectivity index (χ4n) is 1.79. The molecule has 0 aliphatic heterocycles. The van der Waals surface area contributed by atoms with Crippen LogP contribution in [0.1, 0.15) is 5.56 Å². The van der Waals surface area contributed by atoms with Gasteiger partial charge in [-0.05, 0) is 24.1 Å². The normalized spacial score (nSPS) is 12.4. The third kappa shape index (κ3) is 5.10. The first kappa shape index (κ1) is 16.3. The van der Waals surface area contributed by atoms with Crippen molar-refractivity contribution in [2.45, 2.75) is 18.9 Å². The molecule has 1 amide bonds. The van der Waals surface area contributed by atoms with E-state index in [0.29, 0.717) is 5.56 Å². The first-order valence-corrected chi connectivity index (χ1v) is 6.15. The highest BCUT2D eigenvalue weighted by Crippen LogP contribution is 2.12. The number of phenolic OH excluding ortho intramolecular Hbond substituents is 1. The molecule has 0 aliphatic carbocycles. The van der Waals surface area contributed by atoms with Gasteiger partial charge in [0.25, 0.3) is 6.43 Å². The van der Waals surface area contributed by atoms with Gasteiger partial charge in [0.1, 0.15) is 5.75 Å². The fourth-order valence-corrected chi connectivity index (χ4v) is 1.79. The predicted molar refractivity (Wildman–Crippen MR) is 69.5 cm³/mol. The minimum Gasteiger partial charge on any atom is -0.508 e. The number of carbonyl (C=O) groups is 1. The van der Waals surface area contributed by atoms with Crippen LogP contribution in [0.2, 0.25) is 0 Å². The molecule has 0 fully saturated rings. The van der Waals surface area contributed by atoms with Crippen LogP contribution in [0.25, 0.3) is 0 Å². The topological polar surface area (TPSA) is 86.8 Å². The van der Waals surface area contributed by atoms with Gasteiger partial charge in [-0.15, -0.1) is 0 Å². The lowest BCUT2D eigenvalue weighted by atomic mass is 10.1. The van der Waals surface area contributed by atoms with Crippen molar-refractivity contribution in [2.75, 3.05) is 19.7 Å². The Morgan fingerprint density at radius 1 is 1.30 bits per heavy atom. The van der Waals surface area contributed by atoms with Crippen LogP contribution in [-0.2, 0) is 11.2 Å². The van der Waals surface area contributed by atoms with Gasteiger partial charge >= 0.3 is 0 Å². The van der Waals surface area contributed by atoms with Gasteiger partial charge < -0.3 is 20.8 Å². The first-order chi connectivity index (χ1) is 9.43. The lowest BCUT2D eigenvalue weighted by molar-refractivity contribution is -0.135. The first-order valence-electron chi connectivity index (χ1n) is 6.15. The van der Waals surface area contributed by atoms with E-state index in [-0.39, 0.29) is 18.7 Å². The SMILES string of the molecule is NC(Cc1ccc(O)cc1)C(=O)N(CCO)CC(F)F. The maximum absolute atomic E-state index is 12.4. The highest BCUT2D eigenvalue weighted by Gasteiger charge is 2.23. The van der Waals surface area contributed by atoms with Crippen LogP contribution < -0.4 is 5.73 Å². The van der Waals surface area contributed by atoms with E-state index in [0.717, 1.165) is 4.90 Å². The average Bonchev–Trinajstić information content (AvgIpc) is 2.39. The summed E-state index contributed by atoms with van der Waals surface area (Å²) in [6, 6.07) is 5.15. The minimum atomic E-state index is -2.67. The van der Waals surface area contributed by atoms with Crippen molar-refractivity contribution in [1.29, 1.82) is 0 Å². The molecule has 0 saturated heterocycles. The lowest BCUT2D eigenvalue weighted by Crippen LogP contribution is -2.47. The van der Waals surface area contributed by atoms with Crippen molar-refractivity contribution in [1.82, 2.24) is 4.90 Å². The van der Waals surface area contributed by atoms with Crippen LogP contribution in [0.5, 0.6) is 5.75 Å². The summed E-state index contributed by atoms with van der Waals surface area (Å²) in [5, 5.41) is 17.9. The molecule has 1 aromatic rings. The summed E-state index contributed by atoms with van der Waals surface area (Å²) in [6.45, 7) is -1.32. The number of carbonyl (C=O) groups excluding carboxylic acids is 1. The standard InChI is InChI=1S/C13H18F2N2O3/c14-12(15)8-17(5-6-18)13(20)11(16)7-9-1-3-10(19)4-2-9/h1-4,11-12,18-19H,5-8,16H2. The third-order valence-corrected chi connectivity index (χ3v) is 2.75. The Morgan fingerprint density at radius 2 is 1.90 bits per heavy atom. The third-order valence-electron chi connectivity index (χ3n) is 2.75. The van der Waals surface area contributed by atoms with Gasteiger partial charge in [-0.3, -0.25) is 4.79 Å². The van der Waals surface area contributed by atoms with Gasteiger partial charge in [0.2, 0.25) is 5.91 Å². The molecular weight excluding hydrogens is 270 g/mol. The van der Waals surface area contributed by atoms with Crippen molar-refractivity contribution in [2.24, 2.45) is 5.73 Å². The number of phenols is 1. The second-order valence-electron chi connectivity index (χ2n) is 4.38. The molecule has 112 valence electrons. The van der Waals surface area contributed by atoms with Crippen molar-refractivity contribution >= 4 is 5.91 Å². The molecular formula is C13H18F2N2O3. The van der Waals surface area contributed by atoms with Crippen molar-refractivity contribution < 1.29 is 23.8 Å². The summed E-state index contributed by atoms with van der Waals surface area (Å²) in [5.41, 5.74) is 6.43. The van der Waals surface area contributed by atoms with E-state index in [1.807, 2.05) is 0 Å². The molecule has 0 saturated carbocycles. The number of hydrogen-bond donors (Lipinski definition) is 3. The zero-order valence-electron chi connectivity index (χ0n) is 10.9. The number of benzene rings is 1. The molecule has 1 aromatic carbocycles. The zero-order chi connectivity index (χ0) is 15.1. The van der Waals surface area contributed by atoms with Gasteiger partial charge in [0.05, 0.1) is 19.2 Å². The maximum Gasteiger partial charge on any atom is 0.255 e. The second kappa shape index (κ2) is 7.76. The Labute approximate surface area is 115 Å². The number of aromatic hydroxyl groups is 1. The van der Waals surface area contributed by atoms with Crippen molar-refractivity contribution in [3.63, 3.8) is 0 Å². The molecule has 1 atom stereocenters. The van der Waals surface area contributed by atoms with Gasteiger partial charge in [-0.25, -0.2) is 8.78 Å². The summed E-state index contributed by atoms with van der Waals surface area (Å²) in [7, 11) is 0. The van der Waals surface area contributed by atoms with E-state index < -0.39 is 31.5 Å². The molecule has 0 radical (unpaired) electrons. The number of rotatable bonds is 7. The molecule has 1 rings (SSSR count). The summed E-state index contributed by atoms with van der Waals surface area (Å²) in [5.74, 6) is -0.541. The number of aliphatic hydroxyl groups excluding tert-OH is 1. The number of alkyl halides is 2. The number of hydrogen-bond acceptors (Lipinski definition) is 4. The summed E-state index contributed by atoms with van der Waals surface area (Å²) in [6.07, 6.45) is -2.50. The molecule has 0 aliphatic rings. The summed E-state index contributed by atoms with van der Waals surface area (Å²) < 4.78 is 24.7. The number of amides is 1. The van der Waals surface area contributed by atoms with Crippen molar-refractivity contribution in [3.05, 3.63) is 29.8 Å². The average molecular weight is 288 g/mol. The van der Waals surface area contributed by atoms with E-state index >= 15 is 0 Å². The maximum atomic E-state index is 12.4. The Hall–Kier alpha value is -1.73. The number of nitrogens with zero attached hydrogens (tertiary/aromatic N) is 1. The van der Waals surface area contributed by atoms with Crippen LogP contribution in [0.15, 0.2) is 24.3 Å². The van der Waals surface area contributed by atoms with Crippen LogP contribution in [0, 0.1) is 0 Å². The van der Waals surface area contributed by atoms with Gasteiger partial charge in [0, 0.05) is 6.54 Å². The smallest absolute Gasteiger partial charge is 0.255 e. The fraction of sp³-hybridized carbons (Fsp3) is 0.462. The molecule has 0 heterocycles. The Balaban J connectivity index is 2.65. The largest absolute Gasteiger partial charge is 0.508 e. The van der Waals surface area contributed by atoms with Gasteiger partial charge in [-0.2, -0.15) is 0 Å². The van der Waals surface area contributed by atoms with E-state index in [4.69, 9.17) is 15.9 Å². The van der Waals surface area contributed by atoms with Gasteiger partial charge in [0.15, 0.2) is 0 Å². The highest BCUT2D eigenvalue weighted by molar-refractivity contribution is 5.82. The Kier molecular flexibility index (Phi) is 6.33. The Bertz CT molecular complexity index is 426. The molecule has 20 heavy (non-hydrogen) atoms. The van der Waals surface area contributed by atoms with E-state index in [1.165, 1.54) is 12.1 Å². The van der Waals surface area contributed by atoms with Crippen LogP contribution >= 0.6 is 0 Å². The monoisotopic (exact) mass is 288 g/mol. The number of halogens is 2. The molecule has 1 unspecified atom stereocenters. The molecule has 4 N–H and O–H groups in total. The quantitative estimate of drug-likeness (QED) is 0.675. The minimum absolute atomic E-state index is 0.0910. The van der Waals surface area contributed by atoms with Crippen molar-refractivity contribution in [3.8, 4) is 5.75 Å². The molecule has 0 aromatic heterocycles. The number of nitrogens with two attached hydrogens (primary N) is 1. The second-order valence-corrected chi connectivity index (χ2v) is 4.38. The van der Waals surface area contributed by atoms with Crippen LogP contribution in [0.3, 0.4) is 0 Å². The zero-order valence-corrected chi connectivity index (χ0v) is 10.9. The summed E-state index contributed by atoms with van der Waals surface area (Å²) >= 11 is 0. The Morgan fingerprint density at radius 3 is 2.40 bits per heavy atom. The highest BCUT2D eigenvalue weighted by atomic mass is 19.3.